The molecule has 3 rings (SSSR count). The minimum absolute atomic E-state index is 0.00969. The molecule has 12 heteroatoms. The number of nitrogens with zero attached hydrogens (tertiary/aromatic N) is 1. The van der Waals surface area contributed by atoms with Gasteiger partial charge in [-0.3, -0.25) is 9.10 Å². The van der Waals surface area contributed by atoms with Crippen molar-refractivity contribution in [2.24, 2.45) is 0 Å². The number of nitrogens with one attached hydrogen (secondary N) is 2. The molecule has 0 aromatic heterocycles. The molecule has 3 aromatic rings. The highest BCUT2D eigenvalue weighted by Gasteiger charge is 2.30. The molecule has 0 unspecified atom stereocenters. The van der Waals surface area contributed by atoms with Crippen molar-refractivity contribution in [3.63, 3.8) is 0 Å². The molecule has 0 radical (unpaired) electrons. The van der Waals surface area contributed by atoms with Gasteiger partial charge in [-0.15, -0.1) is 0 Å². The molecule has 1 amide bonds. The van der Waals surface area contributed by atoms with E-state index in [2.05, 4.69) is 10.0 Å². The van der Waals surface area contributed by atoms with Gasteiger partial charge in [-0.05, 0) is 63.2 Å². The second-order valence-electron chi connectivity index (χ2n) is 8.41. The molecule has 0 aliphatic rings. The fraction of sp³-hybridized carbons (Fsp3) is 0.269. The van der Waals surface area contributed by atoms with Crippen LogP contribution in [0.15, 0.2) is 82.6 Å². The number of carbonyl (C=O) groups is 1. The van der Waals surface area contributed by atoms with Crippen LogP contribution in [0.4, 0.5) is 11.4 Å². The molecule has 0 bridgehead atoms. The van der Waals surface area contributed by atoms with Crippen molar-refractivity contribution in [3.05, 3.63) is 72.8 Å². The van der Waals surface area contributed by atoms with E-state index in [1.165, 1.54) is 37.4 Å². The number of ether oxygens (including phenoxy) is 2. The van der Waals surface area contributed by atoms with E-state index in [1.807, 2.05) is 0 Å². The number of carbonyl (C=O) groups excluding carboxylic acids is 1. The van der Waals surface area contributed by atoms with E-state index in [-0.39, 0.29) is 45.3 Å². The zero-order chi connectivity index (χ0) is 27.9. The van der Waals surface area contributed by atoms with E-state index in [0.717, 1.165) is 4.31 Å². The van der Waals surface area contributed by atoms with Crippen molar-refractivity contribution in [2.45, 2.75) is 36.6 Å². The number of rotatable bonds is 12. The Balaban J connectivity index is 2.01. The lowest BCUT2D eigenvalue weighted by Gasteiger charge is -2.26. The Morgan fingerprint density at radius 3 is 2.18 bits per heavy atom. The number of sulfonamides is 2. The number of benzene rings is 3. The highest BCUT2D eigenvalue weighted by molar-refractivity contribution is 7.93. The van der Waals surface area contributed by atoms with Gasteiger partial charge in [0.15, 0.2) is 0 Å². The summed E-state index contributed by atoms with van der Waals surface area (Å²) < 4.78 is 67.0. The van der Waals surface area contributed by atoms with Crippen LogP contribution >= 0.6 is 0 Å². The largest absolute Gasteiger partial charge is 0.495 e. The molecule has 0 spiro atoms. The van der Waals surface area contributed by atoms with Gasteiger partial charge in [0.2, 0.25) is 15.9 Å². The van der Waals surface area contributed by atoms with Crippen molar-refractivity contribution in [3.8, 4) is 11.5 Å². The molecule has 0 aliphatic heterocycles. The molecule has 2 N–H and O–H groups in total. The first-order chi connectivity index (χ1) is 18.0. The Bertz CT molecular complexity index is 1480. The molecular weight excluding hydrogens is 530 g/mol. The quantitative estimate of drug-likeness (QED) is 0.345. The minimum Gasteiger partial charge on any atom is -0.495 e. The SMILES string of the molecule is CCOc1ccccc1N(CC(=O)Nc1cc(S(=O)(=O)NC(C)C)ccc1OC)S(=O)(=O)c1ccccc1. The predicted molar refractivity (Wildman–Crippen MR) is 146 cm³/mol. The van der Waals surface area contributed by atoms with Crippen molar-refractivity contribution in [1.82, 2.24) is 4.72 Å². The van der Waals surface area contributed by atoms with Gasteiger partial charge in [0.05, 0.1) is 34.9 Å². The molecule has 10 nitrogen and oxygen atoms in total. The van der Waals surface area contributed by atoms with Crippen LogP contribution in [0.3, 0.4) is 0 Å². The molecule has 0 heterocycles. The van der Waals surface area contributed by atoms with Gasteiger partial charge in [0.25, 0.3) is 10.0 Å². The normalized spacial score (nSPS) is 11.7. The Hall–Kier alpha value is -3.61. The summed E-state index contributed by atoms with van der Waals surface area (Å²) in [5, 5.41) is 2.60. The summed E-state index contributed by atoms with van der Waals surface area (Å²) >= 11 is 0. The lowest BCUT2D eigenvalue weighted by Crippen LogP contribution is -2.38. The standard InChI is InChI=1S/C26H31N3O7S2/c1-5-36-25-14-10-9-13-23(25)29(38(33,34)20-11-7-6-8-12-20)18-26(30)27-22-17-21(15-16-24(22)35-4)37(31,32)28-19(2)3/h6-17,19,28H,5,18H2,1-4H3,(H,27,30). The first-order valence-corrected chi connectivity index (χ1v) is 14.7. The maximum atomic E-state index is 13.7. The van der Waals surface area contributed by atoms with Crippen LogP contribution in [0.25, 0.3) is 0 Å². The van der Waals surface area contributed by atoms with Gasteiger partial charge in [-0.25, -0.2) is 21.6 Å². The van der Waals surface area contributed by atoms with Crippen LogP contribution in [-0.2, 0) is 24.8 Å². The third kappa shape index (κ3) is 6.82. The molecule has 38 heavy (non-hydrogen) atoms. The zero-order valence-electron chi connectivity index (χ0n) is 21.5. The number of hydrogen-bond acceptors (Lipinski definition) is 7. The zero-order valence-corrected chi connectivity index (χ0v) is 23.2. The second-order valence-corrected chi connectivity index (χ2v) is 12.0. The van der Waals surface area contributed by atoms with E-state index < -0.39 is 32.5 Å². The second kappa shape index (κ2) is 12.3. The number of amides is 1. The van der Waals surface area contributed by atoms with Gasteiger partial charge in [-0.1, -0.05) is 30.3 Å². The molecule has 3 aromatic carbocycles. The first-order valence-electron chi connectivity index (χ1n) is 11.8. The van der Waals surface area contributed by atoms with Gasteiger partial charge < -0.3 is 14.8 Å². The maximum absolute atomic E-state index is 13.7. The van der Waals surface area contributed by atoms with Crippen LogP contribution in [0, 0.1) is 0 Å². The number of methoxy groups -OCH3 is 1. The summed E-state index contributed by atoms with van der Waals surface area (Å²) in [6.07, 6.45) is 0. The van der Waals surface area contributed by atoms with Gasteiger partial charge in [0, 0.05) is 6.04 Å². The molecule has 204 valence electrons. The topological polar surface area (TPSA) is 131 Å². The Morgan fingerprint density at radius 2 is 1.55 bits per heavy atom. The molecule has 0 fully saturated rings. The number of anilines is 2. The van der Waals surface area contributed by atoms with E-state index in [0.29, 0.717) is 0 Å². The van der Waals surface area contributed by atoms with Crippen molar-refractivity contribution in [1.29, 1.82) is 0 Å². The van der Waals surface area contributed by atoms with Crippen LogP contribution in [0.5, 0.6) is 11.5 Å². The van der Waals surface area contributed by atoms with Crippen molar-refractivity contribution >= 4 is 37.3 Å². The third-order valence-corrected chi connectivity index (χ3v) is 8.63. The molecule has 0 saturated carbocycles. The fourth-order valence-electron chi connectivity index (χ4n) is 3.61. The summed E-state index contributed by atoms with van der Waals surface area (Å²) in [5.41, 5.74) is 0.247. The average molecular weight is 562 g/mol. The van der Waals surface area contributed by atoms with E-state index in [9.17, 15) is 21.6 Å². The highest BCUT2D eigenvalue weighted by Crippen LogP contribution is 2.33. The Labute approximate surface area is 223 Å². The first kappa shape index (κ1) is 29.0. The van der Waals surface area contributed by atoms with E-state index >= 15 is 0 Å². The summed E-state index contributed by atoms with van der Waals surface area (Å²) in [4.78, 5) is 13.2. The minimum atomic E-state index is -4.19. The molecular formula is C26H31N3O7S2. The lowest BCUT2D eigenvalue weighted by atomic mass is 10.2. The number of hydrogen-bond donors (Lipinski definition) is 2. The predicted octanol–water partition coefficient (Wildman–Crippen LogP) is 3.61. The summed E-state index contributed by atoms with van der Waals surface area (Å²) in [5.74, 6) is -0.234. The Morgan fingerprint density at radius 1 is 0.895 bits per heavy atom. The van der Waals surface area contributed by atoms with Crippen LogP contribution in [-0.4, -0.2) is 49.0 Å². The monoisotopic (exact) mass is 561 g/mol. The van der Waals surface area contributed by atoms with Crippen LogP contribution in [0.2, 0.25) is 0 Å². The van der Waals surface area contributed by atoms with Gasteiger partial charge >= 0.3 is 0 Å². The molecule has 0 aliphatic carbocycles. The lowest BCUT2D eigenvalue weighted by molar-refractivity contribution is -0.114. The highest BCUT2D eigenvalue weighted by atomic mass is 32.2. The third-order valence-electron chi connectivity index (χ3n) is 5.20. The van der Waals surface area contributed by atoms with E-state index in [1.54, 1.807) is 63.2 Å². The summed E-state index contributed by atoms with van der Waals surface area (Å²) in [6, 6.07) is 17.9. The van der Waals surface area contributed by atoms with Crippen molar-refractivity contribution in [2.75, 3.05) is 29.9 Å². The van der Waals surface area contributed by atoms with Crippen LogP contribution in [0.1, 0.15) is 20.8 Å². The maximum Gasteiger partial charge on any atom is 0.264 e. The molecule has 0 atom stereocenters. The van der Waals surface area contributed by atoms with E-state index in [4.69, 9.17) is 9.47 Å². The molecule has 0 saturated heterocycles. The smallest absolute Gasteiger partial charge is 0.264 e. The van der Waals surface area contributed by atoms with Gasteiger partial charge in [0.1, 0.15) is 18.0 Å². The summed E-state index contributed by atoms with van der Waals surface area (Å²) in [6.45, 7) is 4.80. The average Bonchev–Trinajstić information content (AvgIpc) is 2.87. The van der Waals surface area contributed by atoms with Gasteiger partial charge in [-0.2, -0.15) is 0 Å². The number of para-hydroxylation sites is 2. The fourth-order valence-corrected chi connectivity index (χ4v) is 6.34. The summed E-state index contributed by atoms with van der Waals surface area (Å²) in [7, 11) is -6.68. The Kier molecular flexibility index (Phi) is 9.36. The van der Waals surface area contributed by atoms with Crippen molar-refractivity contribution < 1.29 is 31.1 Å². The van der Waals surface area contributed by atoms with Crippen LogP contribution < -0.4 is 23.8 Å².